The van der Waals surface area contributed by atoms with Gasteiger partial charge in [0.25, 0.3) is 0 Å². The number of para-hydroxylation sites is 2. The van der Waals surface area contributed by atoms with E-state index in [1.54, 1.807) is 72.8 Å². The Morgan fingerprint density at radius 1 is 0.903 bits per heavy atom. The SMILES string of the molecule is CCOc1ccc(Oc2ccccc2NC(=O)CCS(=O)(=O)c2ccc(C)cc2)cc1. The standard InChI is InChI=1S/C24H25NO5S/c1-3-29-19-10-12-20(13-11-19)30-23-7-5-4-6-22(23)25-24(26)16-17-31(27,28)21-14-8-18(2)9-15-21/h4-15H,3,16-17H2,1-2H3,(H,25,26). The third kappa shape index (κ3) is 6.33. The maximum atomic E-state index is 12.5. The normalized spacial score (nSPS) is 11.0. The number of carbonyl (C=O) groups excluding carboxylic acids is 1. The largest absolute Gasteiger partial charge is 0.494 e. The van der Waals surface area contributed by atoms with Gasteiger partial charge in [-0.15, -0.1) is 0 Å². The van der Waals surface area contributed by atoms with E-state index < -0.39 is 15.7 Å². The zero-order chi connectivity index (χ0) is 22.3. The minimum absolute atomic E-state index is 0.159. The van der Waals surface area contributed by atoms with E-state index in [2.05, 4.69) is 5.32 Å². The van der Waals surface area contributed by atoms with Gasteiger partial charge in [-0.25, -0.2) is 8.42 Å². The summed E-state index contributed by atoms with van der Waals surface area (Å²) in [6.45, 7) is 4.38. The predicted octanol–water partition coefficient (Wildman–Crippen LogP) is 4.99. The van der Waals surface area contributed by atoms with Crippen molar-refractivity contribution < 1.29 is 22.7 Å². The van der Waals surface area contributed by atoms with E-state index in [4.69, 9.17) is 9.47 Å². The molecule has 162 valence electrons. The number of aryl methyl sites for hydroxylation is 1. The number of benzene rings is 3. The van der Waals surface area contributed by atoms with Crippen molar-refractivity contribution in [3.05, 3.63) is 78.4 Å². The molecule has 0 aliphatic carbocycles. The fraction of sp³-hybridized carbons (Fsp3) is 0.208. The van der Waals surface area contributed by atoms with Crippen molar-refractivity contribution >= 4 is 21.4 Å². The molecular formula is C24H25NO5S. The van der Waals surface area contributed by atoms with E-state index in [1.807, 2.05) is 13.8 Å². The molecule has 1 amide bonds. The highest BCUT2D eigenvalue weighted by atomic mass is 32.2. The molecule has 0 saturated carbocycles. The Kier molecular flexibility index (Phi) is 7.31. The highest BCUT2D eigenvalue weighted by Crippen LogP contribution is 2.30. The van der Waals surface area contributed by atoms with Crippen LogP contribution in [-0.2, 0) is 14.6 Å². The number of amides is 1. The highest BCUT2D eigenvalue weighted by Gasteiger charge is 2.17. The van der Waals surface area contributed by atoms with Gasteiger partial charge in [-0.3, -0.25) is 4.79 Å². The Bertz CT molecular complexity index is 1120. The molecule has 0 heterocycles. The van der Waals surface area contributed by atoms with Crippen LogP contribution in [0.4, 0.5) is 5.69 Å². The van der Waals surface area contributed by atoms with E-state index in [-0.39, 0.29) is 17.1 Å². The zero-order valence-electron chi connectivity index (χ0n) is 17.5. The van der Waals surface area contributed by atoms with Crippen molar-refractivity contribution in [1.29, 1.82) is 0 Å². The topological polar surface area (TPSA) is 81.7 Å². The molecule has 6 nitrogen and oxygen atoms in total. The lowest BCUT2D eigenvalue weighted by Crippen LogP contribution is -2.17. The third-order valence-electron chi connectivity index (χ3n) is 4.50. The van der Waals surface area contributed by atoms with Crippen LogP contribution in [0.25, 0.3) is 0 Å². The van der Waals surface area contributed by atoms with Gasteiger partial charge in [-0.1, -0.05) is 29.8 Å². The molecule has 3 aromatic rings. The first-order valence-corrected chi connectivity index (χ1v) is 11.6. The Morgan fingerprint density at radius 2 is 1.55 bits per heavy atom. The minimum Gasteiger partial charge on any atom is -0.494 e. The van der Waals surface area contributed by atoms with E-state index >= 15 is 0 Å². The van der Waals surface area contributed by atoms with Crippen LogP contribution in [0, 0.1) is 6.92 Å². The van der Waals surface area contributed by atoms with Crippen molar-refractivity contribution in [2.45, 2.75) is 25.2 Å². The maximum Gasteiger partial charge on any atom is 0.225 e. The van der Waals surface area contributed by atoms with E-state index in [1.165, 1.54) is 0 Å². The zero-order valence-corrected chi connectivity index (χ0v) is 18.3. The number of ether oxygens (including phenoxy) is 2. The van der Waals surface area contributed by atoms with Gasteiger partial charge in [0, 0.05) is 6.42 Å². The molecule has 1 N–H and O–H groups in total. The molecule has 0 aliphatic rings. The van der Waals surface area contributed by atoms with Crippen LogP contribution < -0.4 is 14.8 Å². The van der Waals surface area contributed by atoms with Crippen molar-refractivity contribution in [2.24, 2.45) is 0 Å². The molecule has 0 atom stereocenters. The lowest BCUT2D eigenvalue weighted by Gasteiger charge is -2.13. The average Bonchev–Trinajstić information content (AvgIpc) is 2.76. The highest BCUT2D eigenvalue weighted by molar-refractivity contribution is 7.91. The molecule has 31 heavy (non-hydrogen) atoms. The lowest BCUT2D eigenvalue weighted by molar-refractivity contribution is -0.115. The van der Waals surface area contributed by atoms with E-state index in [0.29, 0.717) is 23.8 Å². The van der Waals surface area contributed by atoms with Crippen LogP contribution in [0.3, 0.4) is 0 Å². The molecule has 0 bridgehead atoms. The molecule has 0 radical (unpaired) electrons. The fourth-order valence-corrected chi connectivity index (χ4v) is 4.10. The van der Waals surface area contributed by atoms with Crippen LogP contribution in [-0.4, -0.2) is 26.7 Å². The quantitative estimate of drug-likeness (QED) is 0.508. The van der Waals surface area contributed by atoms with Crippen molar-refractivity contribution in [3.8, 4) is 17.2 Å². The molecule has 0 saturated heterocycles. The monoisotopic (exact) mass is 439 g/mol. The lowest BCUT2D eigenvalue weighted by atomic mass is 10.2. The first-order valence-electron chi connectivity index (χ1n) is 9.96. The number of nitrogens with one attached hydrogen (secondary N) is 1. The summed E-state index contributed by atoms with van der Waals surface area (Å²) < 4.78 is 36.2. The molecule has 3 rings (SSSR count). The van der Waals surface area contributed by atoms with Gasteiger partial charge in [-0.2, -0.15) is 0 Å². The van der Waals surface area contributed by atoms with Crippen LogP contribution in [0.15, 0.2) is 77.7 Å². The molecule has 0 aromatic heterocycles. The molecule has 0 unspecified atom stereocenters. The molecule has 0 spiro atoms. The first-order chi connectivity index (χ1) is 14.9. The number of hydrogen-bond donors (Lipinski definition) is 1. The Labute approximate surface area is 182 Å². The molecule has 0 aliphatic heterocycles. The second-order valence-corrected chi connectivity index (χ2v) is 9.04. The third-order valence-corrected chi connectivity index (χ3v) is 6.23. The molecule has 0 fully saturated rings. The first kappa shape index (κ1) is 22.4. The number of rotatable bonds is 9. The summed E-state index contributed by atoms with van der Waals surface area (Å²) in [5.74, 6) is 1.11. The van der Waals surface area contributed by atoms with Crippen LogP contribution in [0.5, 0.6) is 17.2 Å². The number of hydrogen-bond acceptors (Lipinski definition) is 5. The van der Waals surface area contributed by atoms with Gasteiger partial charge in [-0.05, 0) is 62.4 Å². The van der Waals surface area contributed by atoms with Gasteiger partial charge in [0.1, 0.15) is 11.5 Å². The molecule has 3 aromatic carbocycles. The maximum absolute atomic E-state index is 12.5. The molecule has 7 heteroatoms. The summed E-state index contributed by atoms with van der Waals surface area (Å²) in [4.78, 5) is 12.6. The summed E-state index contributed by atoms with van der Waals surface area (Å²) in [5.41, 5.74) is 1.44. The Hall–Kier alpha value is -3.32. The second kappa shape index (κ2) is 10.1. The van der Waals surface area contributed by atoms with Gasteiger partial charge < -0.3 is 14.8 Å². The van der Waals surface area contributed by atoms with Crippen LogP contribution >= 0.6 is 0 Å². The van der Waals surface area contributed by atoms with Crippen LogP contribution in [0.1, 0.15) is 18.9 Å². The van der Waals surface area contributed by atoms with Crippen molar-refractivity contribution in [2.75, 3.05) is 17.7 Å². The van der Waals surface area contributed by atoms with Crippen LogP contribution in [0.2, 0.25) is 0 Å². The van der Waals surface area contributed by atoms with Gasteiger partial charge in [0.15, 0.2) is 15.6 Å². The number of sulfone groups is 1. The van der Waals surface area contributed by atoms with Gasteiger partial charge in [0.2, 0.25) is 5.91 Å². The van der Waals surface area contributed by atoms with Gasteiger partial charge >= 0.3 is 0 Å². The van der Waals surface area contributed by atoms with E-state index in [9.17, 15) is 13.2 Å². The fourth-order valence-electron chi connectivity index (χ4n) is 2.86. The van der Waals surface area contributed by atoms with E-state index in [0.717, 1.165) is 11.3 Å². The second-order valence-electron chi connectivity index (χ2n) is 6.93. The van der Waals surface area contributed by atoms with Crippen molar-refractivity contribution in [3.63, 3.8) is 0 Å². The van der Waals surface area contributed by atoms with Gasteiger partial charge in [0.05, 0.1) is 22.9 Å². The summed E-state index contributed by atoms with van der Waals surface area (Å²) in [6, 6.07) is 20.7. The summed E-state index contributed by atoms with van der Waals surface area (Å²) >= 11 is 0. The van der Waals surface area contributed by atoms with Crippen molar-refractivity contribution in [1.82, 2.24) is 0 Å². The summed E-state index contributed by atoms with van der Waals surface area (Å²) in [6.07, 6.45) is -0.159. The minimum atomic E-state index is -3.54. The number of carbonyl (C=O) groups is 1. The summed E-state index contributed by atoms with van der Waals surface area (Å²) in [5, 5.41) is 2.74. The Morgan fingerprint density at radius 3 is 2.23 bits per heavy atom. The number of anilines is 1. The summed E-state index contributed by atoms with van der Waals surface area (Å²) in [7, 11) is -3.54. The Balaban J connectivity index is 1.63. The smallest absolute Gasteiger partial charge is 0.225 e. The predicted molar refractivity (Wildman–Crippen MR) is 121 cm³/mol. The average molecular weight is 440 g/mol. The molecular weight excluding hydrogens is 414 g/mol.